The average Bonchev–Trinajstić information content (AvgIpc) is 2.77. The molecule has 160 valence electrons. The van der Waals surface area contributed by atoms with E-state index in [-0.39, 0.29) is 43.6 Å². The van der Waals surface area contributed by atoms with Crippen LogP contribution in [0.5, 0.6) is 5.75 Å². The molecule has 0 N–H and O–H groups in total. The number of methoxy groups -OCH3 is 1. The Morgan fingerprint density at radius 3 is 2.13 bits per heavy atom. The van der Waals surface area contributed by atoms with E-state index in [0.717, 1.165) is 0 Å². The molecule has 0 atom stereocenters. The molecule has 1 amide bonds. The van der Waals surface area contributed by atoms with E-state index in [4.69, 9.17) is 16.3 Å². The van der Waals surface area contributed by atoms with Gasteiger partial charge in [0, 0.05) is 31.2 Å². The molecule has 10 heteroatoms. The van der Waals surface area contributed by atoms with E-state index in [9.17, 15) is 18.0 Å². The molecule has 0 bridgehead atoms. The van der Waals surface area contributed by atoms with E-state index in [0.29, 0.717) is 16.3 Å². The SMILES string of the molecule is COC(=O)c1ccc(OCC(=O)N2CCN(S(=O)(=O)c3ccc(Cl)cc3)CC2)cc1. The molecule has 0 spiro atoms. The summed E-state index contributed by atoms with van der Waals surface area (Å²) < 4.78 is 36.9. The minimum Gasteiger partial charge on any atom is -0.484 e. The van der Waals surface area contributed by atoms with Crippen LogP contribution in [0.3, 0.4) is 0 Å². The van der Waals surface area contributed by atoms with Crippen molar-refractivity contribution in [2.75, 3.05) is 39.9 Å². The van der Waals surface area contributed by atoms with Crippen LogP contribution in [0.15, 0.2) is 53.4 Å². The molecule has 3 rings (SSSR count). The molecule has 2 aromatic carbocycles. The van der Waals surface area contributed by atoms with Crippen molar-refractivity contribution >= 4 is 33.5 Å². The third kappa shape index (κ3) is 5.10. The Balaban J connectivity index is 1.51. The molecule has 0 saturated carbocycles. The van der Waals surface area contributed by atoms with Crippen LogP contribution in [0.4, 0.5) is 0 Å². The predicted octanol–water partition coefficient (Wildman–Crippen LogP) is 2.04. The van der Waals surface area contributed by atoms with Gasteiger partial charge in [0.25, 0.3) is 5.91 Å². The Morgan fingerprint density at radius 1 is 0.967 bits per heavy atom. The van der Waals surface area contributed by atoms with Gasteiger partial charge in [-0.2, -0.15) is 4.31 Å². The normalized spacial score (nSPS) is 14.9. The second-order valence-electron chi connectivity index (χ2n) is 6.54. The molecule has 2 aromatic rings. The summed E-state index contributed by atoms with van der Waals surface area (Å²) in [5.74, 6) is -0.250. The number of halogens is 1. The summed E-state index contributed by atoms with van der Waals surface area (Å²) in [5, 5.41) is 0.462. The van der Waals surface area contributed by atoms with Gasteiger partial charge in [-0.3, -0.25) is 4.79 Å². The van der Waals surface area contributed by atoms with Crippen LogP contribution >= 0.6 is 11.6 Å². The Morgan fingerprint density at radius 2 is 1.57 bits per heavy atom. The lowest BCUT2D eigenvalue weighted by Gasteiger charge is -2.34. The van der Waals surface area contributed by atoms with Gasteiger partial charge in [-0.1, -0.05) is 11.6 Å². The maximum Gasteiger partial charge on any atom is 0.337 e. The molecule has 0 aliphatic carbocycles. The Hall–Kier alpha value is -2.62. The van der Waals surface area contributed by atoms with Gasteiger partial charge < -0.3 is 14.4 Å². The number of esters is 1. The lowest BCUT2D eigenvalue weighted by atomic mass is 10.2. The van der Waals surface area contributed by atoms with E-state index in [1.165, 1.54) is 35.7 Å². The van der Waals surface area contributed by atoms with Crippen LogP contribution in [-0.4, -0.2) is 69.4 Å². The van der Waals surface area contributed by atoms with Crippen LogP contribution in [0.2, 0.25) is 5.02 Å². The van der Waals surface area contributed by atoms with Gasteiger partial charge in [0.2, 0.25) is 10.0 Å². The summed E-state index contributed by atoms with van der Waals surface area (Å²) in [6.45, 7) is 0.767. The minimum absolute atomic E-state index is 0.172. The van der Waals surface area contributed by atoms with Crippen molar-refractivity contribution in [3.63, 3.8) is 0 Å². The zero-order valence-corrected chi connectivity index (χ0v) is 17.9. The molecule has 0 aromatic heterocycles. The third-order valence-corrected chi connectivity index (χ3v) is 6.85. The minimum atomic E-state index is -3.63. The van der Waals surface area contributed by atoms with Crippen molar-refractivity contribution in [1.29, 1.82) is 0 Å². The second-order valence-corrected chi connectivity index (χ2v) is 8.92. The zero-order valence-electron chi connectivity index (χ0n) is 16.3. The largest absolute Gasteiger partial charge is 0.484 e. The smallest absolute Gasteiger partial charge is 0.337 e. The molecule has 1 saturated heterocycles. The van der Waals surface area contributed by atoms with Gasteiger partial charge in [0.05, 0.1) is 17.6 Å². The van der Waals surface area contributed by atoms with Crippen molar-refractivity contribution < 1.29 is 27.5 Å². The fraction of sp³-hybridized carbons (Fsp3) is 0.300. The fourth-order valence-corrected chi connectivity index (χ4v) is 4.52. The highest BCUT2D eigenvalue weighted by molar-refractivity contribution is 7.89. The number of benzene rings is 2. The van der Waals surface area contributed by atoms with Gasteiger partial charge in [0.1, 0.15) is 5.75 Å². The number of piperazine rings is 1. The highest BCUT2D eigenvalue weighted by Gasteiger charge is 2.30. The van der Waals surface area contributed by atoms with Crippen LogP contribution in [0.25, 0.3) is 0 Å². The van der Waals surface area contributed by atoms with E-state index in [1.54, 1.807) is 29.2 Å². The molecule has 0 radical (unpaired) electrons. The first-order chi connectivity index (χ1) is 14.3. The molecular weight excluding hydrogens is 432 g/mol. The van der Waals surface area contributed by atoms with Crippen molar-refractivity contribution in [1.82, 2.24) is 9.21 Å². The Bertz CT molecular complexity index is 1000. The molecular formula is C20H21ClN2O6S. The number of hydrogen-bond donors (Lipinski definition) is 0. The second kappa shape index (κ2) is 9.46. The quantitative estimate of drug-likeness (QED) is 0.623. The summed E-state index contributed by atoms with van der Waals surface area (Å²) in [6.07, 6.45) is 0. The molecule has 0 unspecified atom stereocenters. The van der Waals surface area contributed by atoms with Crippen molar-refractivity contribution in [2.45, 2.75) is 4.90 Å². The highest BCUT2D eigenvalue weighted by Crippen LogP contribution is 2.20. The number of nitrogens with zero attached hydrogens (tertiary/aromatic N) is 2. The fourth-order valence-electron chi connectivity index (χ4n) is 2.97. The molecule has 1 fully saturated rings. The number of sulfonamides is 1. The Kier molecular flexibility index (Phi) is 6.96. The maximum atomic E-state index is 12.7. The number of hydrogen-bond acceptors (Lipinski definition) is 6. The monoisotopic (exact) mass is 452 g/mol. The van der Waals surface area contributed by atoms with Crippen molar-refractivity contribution in [2.24, 2.45) is 0 Å². The van der Waals surface area contributed by atoms with Crippen molar-refractivity contribution in [3.05, 3.63) is 59.1 Å². The number of carbonyl (C=O) groups excluding carboxylic acids is 2. The maximum absolute atomic E-state index is 12.7. The van der Waals surface area contributed by atoms with Crippen LogP contribution in [0.1, 0.15) is 10.4 Å². The van der Waals surface area contributed by atoms with Crippen LogP contribution in [0, 0.1) is 0 Å². The molecule has 1 aliphatic rings. The van der Waals surface area contributed by atoms with Gasteiger partial charge >= 0.3 is 5.97 Å². The van der Waals surface area contributed by atoms with Gasteiger partial charge in [0.15, 0.2) is 6.61 Å². The van der Waals surface area contributed by atoms with Gasteiger partial charge in [-0.15, -0.1) is 0 Å². The van der Waals surface area contributed by atoms with E-state index in [2.05, 4.69) is 4.74 Å². The van der Waals surface area contributed by atoms with Gasteiger partial charge in [-0.05, 0) is 48.5 Å². The Labute approximate surface area is 180 Å². The lowest BCUT2D eigenvalue weighted by Crippen LogP contribution is -2.51. The van der Waals surface area contributed by atoms with Crippen LogP contribution in [-0.2, 0) is 19.6 Å². The number of carbonyl (C=O) groups is 2. The molecule has 1 heterocycles. The lowest BCUT2D eigenvalue weighted by molar-refractivity contribution is -0.134. The number of ether oxygens (including phenoxy) is 2. The predicted molar refractivity (Wildman–Crippen MR) is 110 cm³/mol. The third-order valence-electron chi connectivity index (χ3n) is 4.68. The highest BCUT2D eigenvalue weighted by atomic mass is 35.5. The van der Waals surface area contributed by atoms with E-state index < -0.39 is 16.0 Å². The number of rotatable bonds is 6. The number of amides is 1. The summed E-state index contributed by atoms with van der Waals surface area (Å²) in [5.41, 5.74) is 0.384. The first-order valence-electron chi connectivity index (χ1n) is 9.16. The summed E-state index contributed by atoms with van der Waals surface area (Å²) >= 11 is 5.82. The standard InChI is InChI=1S/C20H21ClN2O6S/c1-28-20(25)15-2-6-17(7-3-15)29-14-19(24)22-10-12-23(13-11-22)30(26,27)18-8-4-16(21)5-9-18/h2-9H,10-14H2,1H3. The van der Waals surface area contributed by atoms with Gasteiger partial charge in [-0.25, -0.2) is 13.2 Å². The topological polar surface area (TPSA) is 93.2 Å². The summed E-state index contributed by atoms with van der Waals surface area (Å²) in [7, 11) is -2.33. The molecule has 30 heavy (non-hydrogen) atoms. The first-order valence-corrected chi connectivity index (χ1v) is 11.0. The summed E-state index contributed by atoms with van der Waals surface area (Å²) in [4.78, 5) is 25.6. The van der Waals surface area contributed by atoms with E-state index in [1.807, 2.05) is 0 Å². The first kappa shape index (κ1) is 22.1. The molecule has 1 aliphatic heterocycles. The summed E-state index contributed by atoms with van der Waals surface area (Å²) in [6, 6.07) is 12.2. The zero-order chi connectivity index (χ0) is 21.7. The molecule has 8 nitrogen and oxygen atoms in total. The van der Waals surface area contributed by atoms with Crippen LogP contribution < -0.4 is 4.74 Å². The van der Waals surface area contributed by atoms with E-state index >= 15 is 0 Å². The average molecular weight is 453 g/mol. The van der Waals surface area contributed by atoms with Crippen molar-refractivity contribution in [3.8, 4) is 5.75 Å².